The first-order valence-corrected chi connectivity index (χ1v) is 7.15. The van der Waals surface area contributed by atoms with Crippen molar-refractivity contribution in [2.75, 3.05) is 0 Å². The molecule has 1 atom stereocenters. The molecule has 0 aliphatic heterocycles. The van der Waals surface area contributed by atoms with Crippen LogP contribution in [0.25, 0.3) is 0 Å². The molecule has 1 N–H and O–H groups in total. The number of aliphatic hydroxyl groups is 1. The summed E-state index contributed by atoms with van der Waals surface area (Å²) in [5.74, 6) is -0.391. The topological polar surface area (TPSA) is 20.2 Å². The summed E-state index contributed by atoms with van der Waals surface area (Å²) in [6.07, 6.45) is 0.138. The minimum Gasteiger partial charge on any atom is -0.392 e. The first kappa shape index (κ1) is 15.6. The van der Waals surface area contributed by atoms with Crippen LogP contribution in [-0.2, 0) is 12.8 Å². The predicted molar refractivity (Wildman–Crippen MR) is 81.3 cm³/mol. The molecule has 1 nitrogen and oxygen atoms in total. The molecule has 2 rings (SSSR count). The predicted octanol–water partition coefficient (Wildman–Crippen LogP) is 4.93. The highest BCUT2D eigenvalue weighted by Gasteiger charge is 2.11. The van der Waals surface area contributed by atoms with E-state index in [0.29, 0.717) is 33.5 Å². The van der Waals surface area contributed by atoms with Gasteiger partial charge in [-0.1, -0.05) is 46.9 Å². The lowest BCUT2D eigenvalue weighted by atomic mass is 10.0. The zero-order valence-corrected chi connectivity index (χ0v) is 12.7. The molecule has 0 aliphatic rings. The van der Waals surface area contributed by atoms with Crippen LogP contribution in [0.5, 0.6) is 0 Å². The molecule has 0 radical (unpaired) electrons. The second kappa shape index (κ2) is 6.77. The number of halogens is 4. The van der Waals surface area contributed by atoms with Crippen LogP contribution in [0.4, 0.5) is 4.39 Å². The Morgan fingerprint density at radius 2 is 1.65 bits per heavy atom. The quantitative estimate of drug-likeness (QED) is 0.841. The third kappa shape index (κ3) is 4.10. The maximum absolute atomic E-state index is 12.9. The highest BCUT2D eigenvalue weighted by atomic mass is 35.5. The summed E-state index contributed by atoms with van der Waals surface area (Å²) in [4.78, 5) is 0. The van der Waals surface area contributed by atoms with E-state index in [9.17, 15) is 9.50 Å². The van der Waals surface area contributed by atoms with Crippen LogP contribution in [0.3, 0.4) is 0 Å². The van der Waals surface area contributed by atoms with Gasteiger partial charge in [-0.05, 0) is 41.8 Å². The SMILES string of the molecule is OC(Cc1ccc(Cl)c(Cl)c1)Cc1ccc(F)cc1Cl. The van der Waals surface area contributed by atoms with Crippen molar-refractivity contribution in [3.8, 4) is 0 Å². The third-order valence-electron chi connectivity index (χ3n) is 2.93. The Hall–Kier alpha value is -0.800. The lowest BCUT2D eigenvalue weighted by Crippen LogP contribution is -2.14. The van der Waals surface area contributed by atoms with Crippen LogP contribution in [0, 0.1) is 5.82 Å². The van der Waals surface area contributed by atoms with E-state index in [0.717, 1.165) is 5.56 Å². The van der Waals surface area contributed by atoms with Crippen LogP contribution >= 0.6 is 34.8 Å². The zero-order valence-electron chi connectivity index (χ0n) is 10.4. The fourth-order valence-electron chi connectivity index (χ4n) is 1.95. The average molecular weight is 334 g/mol. The van der Waals surface area contributed by atoms with Crippen molar-refractivity contribution in [1.82, 2.24) is 0 Å². The molecular formula is C15H12Cl3FO. The number of aliphatic hydroxyl groups excluding tert-OH is 1. The highest BCUT2D eigenvalue weighted by Crippen LogP contribution is 2.24. The van der Waals surface area contributed by atoms with Crippen molar-refractivity contribution in [1.29, 1.82) is 0 Å². The van der Waals surface area contributed by atoms with Gasteiger partial charge in [0.05, 0.1) is 16.1 Å². The van der Waals surface area contributed by atoms with Crippen molar-refractivity contribution >= 4 is 34.8 Å². The summed E-state index contributed by atoms with van der Waals surface area (Å²) in [5, 5.41) is 11.3. The van der Waals surface area contributed by atoms with E-state index in [4.69, 9.17) is 34.8 Å². The van der Waals surface area contributed by atoms with Crippen LogP contribution in [-0.4, -0.2) is 11.2 Å². The lowest BCUT2D eigenvalue weighted by Gasteiger charge is -2.12. The van der Waals surface area contributed by atoms with Crippen molar-refractivity contribution in [2.45, 2.75) is 18.9 Å². The molecule has 0 saturated heterocycles. The Morgan fingerprint density at radius 1 is 0.900 bits per heavy atom. The van der Waals surface area contributed by atoms with Crippen molar-refractivity contribution < 1.29 is 9.50 Å². The van der Waals surface area contributed by atoms with Gasteiger partial charge >= 0.3 is 0 Å². The molecule has 20 heavy (non-hydrogen) atoms. The molecular weight excluding hydrogens is 322 g/mol. The minimum atomic E-state index is -0.629. The van der Waals surface area contributed by atoms with Crippen molar-refractivity contribution in [3.05, 3.63) is 68.4 Å². The summed E-state index contributed by atoms with van der Waals surface area (Å²) in [6, 6.07) is 9.37. The molecule has 0 saturated carbocycles. The highest BCUT2D eigenvalue weighted by molar-refractivity contribution is 6.42. The second-order valence-electron chi connectivity index (χ2n) is 4.55. The average Bonchev–Trinajstić information content (AvgIpc) is 2.37. The van der Waals surface area contributed by atoms with Crippen molar-refractivity contribution in [3.63, 3.8) is 0 Å². The standard InChI is InChI=1S/C15H12Cl3FO/c16-13-4-1-9(6-15(13)18)5-12(20)7-10-2-3-11(19)8-14(10)17/h1-4,6,8,12,20H,5,7H2. The van der Waals surface area contributed by atoms with E-state index in [1.165, 1.54) is 12.1 Å². The molecule has 0 aromatic heterocycles. The van der Waals surface area contributed by atoms with Gasteiger partial charge < -0.3 is 5.11 Å². The van der Waals surface area contributed by atoms with E-state index in [2.05, 4.69) is 0 Å². The molecule has 5 heteroatoms. The molecule has 0 bridgehead atoms. The number of hydrogen-bond acceptors (Lipinski definition) is 1. The van der Waals surface area contributed by atoms with Gasteiger partial charge in [-0.3, -0.25) is 0 Å². The van der Waals surface area contributed by atoms with Gasteiger partial charge in [0.15, 0.2) is 0 Å². The van der Waals surface area contributed by atoms with Crippen LogP contribution < -0.4 is 0 Å². The normalized spacial score (nSPS) is 12.4. The van der Waals surface area contributed by atoms with Gasteiger partial charge in [0.25, 0.3) is 0 Å². The number of hydrogen-bond donors (Lipinski definition) is 1. The van der Waals surface area contributed by atoms with Crippen LogP contribution in [0.2, 0.25) is 15.1 Å². The van der Waals surface area contributed by atoms with E-state index >= 15 is 0 Å². The molecule has 0 spiro atoms. The Kier molecular flexibility index (Phi) is 5.28. The molecule has 2 aromatic carbocycles. The number of benzene rings is 2. The minimum absolute atomic E-state index is 0.318. The maximum atomic E-state index is 12.9. The van der Waals surface area contributed by atoms with Gasteiger partial charge in [-0.25, -0.2) is 4.39 Å². The Morgan fingerprint density at radius 3 is 2.30 bits per heavy atom. The smallest absolute Gasteiger partial charge is 0.124 e. The van der Waals surface area contributed by atoms with Gasteiger partial charge in [-0.15, -0.1) is 0 Å². The molecule has 2 aromatic rings. The largest absolute Gasteiger partial charge is 0.392 e. The summed E-state index contributed by atoms with van der Waals surface area (Å²) in [6.45, 7) is 0. The first-order valence-electron chi connectivity index (χ1n) is 6.01. The van der Waals surface area contributed by atoms with Gasteiger partial charge in [-0.2, -0.15) is 0 Å². The number of rotatable bonds is 4. The summed E-state index contributed by atoms with van der Waals surface area (Å²) < 4.78 is 12.9. The van der Waals surface area contributed by atoms with Gasteiger partial charge in [0, 0.05) is 11.4 Å². The fourth-order valence-corrected chi connectivity index (χ4v) is 2.52. The maximum Gasteiger partial charge on any atom is 0.124 e. The molecule has 0 heterocycles. The van der Waals surface area contributed by atoms with Gasteiger partial charge in [0.1, 0.15) is 5.82 Å². The molecule has 1 unspecified atom stereocenters. The first-order chi connectivity index (χ1) is 9.45. The van der Waals surface area contributed by atoms with Crippen LogP contribution in [0.15, 0.2) is 36.4 Å². The Labute approximate surface area is 131 Å². The van der Waals surface area contributed by atoms with Crippen molar-refractivity contribution in [2.24, 2.45) is 0 Å². The van der Waals surface area contributed by atoms with E-state index in [1.807, 2.05) is 6.07 Å². The summed E-state index contributed by atoms with van der Waals surface area (Å²) in [5.41, 5.74) is 1.59. The summed E-state index contributed by atoms with van der Waals surface area (Å²) in [7, 11) is 0. The molecule has 106 valence electrons. The summed E-state index contributed by atoms with van der Waals surface area (Å²) >= 11 is 17.7. The van der Waals surface area contributed by atoms with E-state index in [-0.39, 0.29) is 0 Å². The third-order valence-corrected chi connectivity index (χ3v) is 4.02. The molecule has 0 aliphatic carbocycles. The molecule has 0 amide bonds. The second-order valence-corrected chi connectivity index (χ2v) is 5.77. The zero-order chi connectivity index (χ0) is 14.7. The Balaban J connectivity index is 2.04. The molecule has 0 fully saturated rings. The monoisotopic (exact) mass is 332 g/mol. The van der Waals surface area contributed by atoms with E-state index < -0.39 is 11.9 Å². The Bertz CT molecular complexity index is 616. The van der Waals surface area contributed by atoms with Crippen LogP contribution in [0.1, 0.15) is 11.1 Å². The van der Waals surface area contributed by atoms with E-state index in [1.54, 1.807) is 18.2 Å². The lowest BCUT2D eigenvalue weighted by molar-refractivity contribution is 0.175. The van der Waals surface area contributed by atoms with Gasteiger partial charge in [0.2, 0.25) is 0 Å². The fraction of sp³-hybridized carbons (Fsp3) is 0.200.